The number of nitrogens with zero attached hydrogens (tertiary/aromatic N) is 2. The van der Waals surface area contributed by atoms with Crippen molar-refractivity contribution in [1.29, 1.82) is 0 Å². The SMILES string of the molecule is COc1cccc(CN(C)CC(=O)Nc2cccc(S(=O)(=O)N(C)c3ccccc3)c2)c1OC. The molecule has 3 rings (SSSR count). The van der Waals surface area contributed by atoms with Crippen LogP contribution in [-0.2, 0) is 21.4 Å². The van der Waals surface area contributed by atoms with Crippen LogP contribution < -0.4 is 19.1 Å². The average molecular weight is 484 g/mol. The van der Waals surface area contributed by atoms with E-state index in [0.717, 1.165) is 5.56 Å². The van der Waals surface area contributed by atoms with Crippen molar-refractivity contribution in [1.82, 2.24) is 4.90 Å². The standard InChI is InChI=1S/C25H29N3O5S/c1-27(17-19-10-8-15-23(32-3)25(19)33-4)18-24(29)26-20-11-9-14-22(16-20)34(30,31)28(2)21-12-6-5-7-13-21/h5-16H,17-18H2,1-4H3,(H,26,29). The van der Waals surface area contributed by atoms with E-state index in [-0.39, 0.29) is 17.3 Å². The van der Waals surface area contributed by atoms with Crippen LogP contribution in [0.5, 0.6) is 11.5 Å². The van der Waals surface area contributed by atoms with Gasteiger partial charge in [0.1, 0.15) is 0 Å². The Labute approximate surface area is 200 Å². The number of likely N-dealkylation sites (N-methyl/N-ethyl adjacent to an activating group) is 1. The second-order valence-electron chi connectivity index (χ2n) is 7.71. The number of ether oxygens (including phenoxy) is 2. The second kappa shape index (κ2) is 11.0. The van der Waals surface area contributed by atoms with Gasteiger partial charge in [-0.15, -0.1) is 0 Å². The molecule has 0 fully saturated rings. The van der Waals surface area contributed by atoms with Crippen LogP contribution in [0.25, 0.3) is 0 Å². The lowest BCUT2D eigenvalue weighted by Gasteiger charge is -2.20. The summed E-state index contributed by atoms with van der Waals surface area (Å²) in [4.78, 5) is 14.6. The van der Waals surface area contributed by atoms with Gasteiger partial charge in [-0.25, -0.2) is 8.42 Å². The summed E-state index contributed by atoms with van der Waals surface area (Å²) < 4.78 is 38.1. The first-order chi connectivity index (χ1) is 16.3. The number of hydrogen-bond donors (Lipinski definition) is 1. The predicted molar refractivity (Wildman–Crippen MR) is 133 cm³/mol. The molecular weight excluding hydrogens is 454 g/mol. The first-order valence-electron chi connectivity index (χ1n) is 10.6. The van der Waals surface area contributed by atoms with Crippen LogP contribution >= 0.6 is 0 Å². The van der Waals surface area contributed by atoms with E-state index in [1.807, 2.05) is 36.2 Å². The first kappa shape index (κ1) is 25.1. The lowest BCUT2D eigenvalue weighted by Crippen LogP contribution is -2.30. The van der Waals surface area contributed by atoms with Crippen molar-refractivity contribution >= 4 is 27.3 Å². The van der Waals surface area contributed by atoms with Crippen molar-refractivity contribution in [2.75, 3.05) is 44.5 Å². The number of rotatable bonds is 10. The van der Waals surface area contributed by atoms with Crippen LogP contribution in [0.4, 0.5) is 11.4 Å². The predicted octanol–water partition coefficient (Wildman–Crippen LogP) is 3.60. The number of methoxy groups -OCH3 is 2. The first-order valence-corrected chi connectivity index (χ1v) is 12.0. The molecular formula is C25H29N3O5S. The minimum absolute atomic E-state index is 0.0890. The molecule has 9 heteroatoms. The number of sulfonamides is 1. The van der Waals surface area contributed by atoms with Crippen LogP contribution in [0.1, 0.15) is 5.56 Å². The van der Waals surface area contributed by atoms with Crippen LogP contribution in [0.2, 0.25) is 0 Å². The Balaban J connectivity index is 1.68. The molecule has 0 unspecified atom stereocenters. The molecule has 0 bridgehead atoms. The normalized spacial score (nSPS) is 11.2. The number of benzene rings is 3. The van der Waals surface area contributed by atoms with Crippen LogP contribution in [-0.4, -0.2) is 54.1 Å². The Morgan fingerprint density at radius 2 is 1.62 bits per heavy atom. The van der Waals surface area contributed by atoms with Crippen molar-refractivity contribution in [2.45, 2.75) is 11.4 Å². The number of para-hydroxylation sites is 2. The van der Waals surface area contributed by atoms with Gasteiger partial charge in [0.2, 0.25) is 5.91 Å². The van der Waals surface area contributed by atoms with Crippen molar-refractivity contribution in [2.24, 2.45) is 0 Å². The molecule has 3 aromatic carbocycles. The van der Waals surface area contributed by atoms with Gasteiger partial charge in [-0.2, -0.15) is 0 Å². The number of hydrogen-bond acceptors (Lipinski definition) is 6. The topological polar surface area (TPSA) is 88.2 Å². The molecule has 0 aliphatic rings. The van der Waals surface area contributed by atoms with E-state index in [0.29, 0.717) is 29.4 Å². The molecule has 0 saturated heterocycles. The molecule has 1 N–H and O–H groups in total. The highest BCUT2D eigenvalue weighted by atomic mass is 32.2. The van der Waals surface area contributed by atoms with Gasteiger partial charge in [-0.05, 0) is 43.4 Å². The fourth-order valence-corrected chi connectivity index (χ4v) is 4.78. The maximum absolute atomic E-state index is 13.0. The Morgan fingerprint density at radius 3 is 2.29 bits per heavy atom. The zero-order valence-electron chi connectivity index (χ0n) is 19.7. The summed E-state index contributed by atoms with van der Waals surface area (Å²) in [5, 5.41) is 2.78. The molecule has 8 nitrogen and oxygen atoms in total. The van der Waals surface area contributed by atoms with E-state index >= 15 is 0 Å². The molecule has 3 aromatic rings. The second-order valence-corrected chi connectivity index (χ2v) is 9.68. The summed E-state index contributed by atoms with van der Waals surface area (Å²) in [7, 11) is 2.68. The maximum atomic E-state index is 13.0. The molecule has 180 valence electrons. The third-order valence-electron chi connectivity index (χ3n) is 5.23. The Kier molecular flexibility index (Phi) is 8.14. The molecule has 0 aliphatic carbocycles. The van der Waals surface area contributed by atoms with Gasteiger partial charge in [-0.1, -0.05) is 36.4 Å². The summed E-state index contributed by atoms with van der Waals surface area (Å²) in [5.41, 5.74) is 1.83. The molecule has 0 heterocycles. The third kappa shape index (κ3) is 5.86. The molecule has 0 radical (unpaired) electrons. The molecule has 0 aromatic heterocycles. The minimum atomic E-state index is -3.78. The van der Waals surface area contributed by atoms with Crippen molar-refractivity contribution in [3.63, 3.8) is 0 Å². The molecule has 0 saturated carbocycles. The van der Waals surface area contributed by atoms with E-state index in [2.05, 4.69) is 5.32 Å². The number of amides is 1. The summed E-state index contributed by atoms with van der Waals surface area (Å²) in [6.45, 7) is 0.561. The molecule has 0 aliphatic heterocycles. The van der Waals surface area contributed by atoms with Gasteiger partial charge in [0.05, 0.1) is 31.3 Å². The summed E-state index contributed by atoms with van der Waals surface area (Å²) in [5.74, 6) is 0.976. The molecule has 1 amide bonds. The number of carbonyl (C=O) groups excluding carboxylic acids is 1. The van der Waals surface area contributed by atoms with Crippen molar-refractivity contribution < 1.29 is 22.7 Å². The van der Waals surface area contributed by atoms with Gasteiger partial charge in [0.15, 0.2) is 11.5 Å². The molecule has 0 atom stereocenters. The van der Waals surface area contributed by atoms with E-state index < -0.39 is 10.0 Å². The highest BCUT2D eigenvalue weighted by Gasteiger charge is 2.22. The van der Waals surface area contributed by atoms with Crippen LogP contribution in [0.3, 0.4) is 0 Å². The Bertz CT molecular complexity index is 1230. The van der Waals surface area contributed by atoms with Gasteiger partial charge in [0, 0.05) is 24.8 Å². The van der Waals surface area contributed by atoms with Crippen LogP contribution in [0.15, 0.2) is 77.7 Å². The highest BCUT2D eigenvalue weighted by molar-refractivity contribution is 7.92. The number of nitrogens with one attached hydrogen (secondary N) is 1. The van der Waals surface area contributed by atoms with E-state index in [1.165, 1.54) is 23.5 Å². The van der Waals surface area contributed by atoms with Gasteiger partial charge >= 0.3 is 0 Å². The number of carbonyl (C=O) groups is 1. The maximum Gasteiger partial charge on any atom is 0.264 e. The minimum Gasteiger partial charge on any atom is -0.493 e. The van der Waals surface area contributed by atoms with Crippen LogP contribution in [0, 0.1) is 0 Å². The fourth-order valence-electron chi connectivity index (χ4n) is 3.54. The van der Waals surface area contributed by atoms with E-state index in [4.69, 9.17) is 9.47 Å². The summed E-state index contributed by atoms with van der Waals surface area (Å²) in [6.07, 6.45) is 0. The summed E-state index contributed by atoms with van der Waals surface area (Å²) >= 11 is 0. The molecule has 34 heavy (non-hydrogen) atoms. The van der Waals surface area contributed by atoms with Crippen molar-refractivity contribution in [3.8, 4) is 11.5 Å². The largest absolute Gasteiger partial charge is 0.493 e. The Morgan fingerprint density at radius 1 is 0.912 bits per heavy atom. The zero-order chi connectivity index (χ0) is 24.7. The van der Waals surface area contributed by atoms with Gasteiger partial charge in [-0.3, -0.25) is 14.0 Å². The van der Waals surface area contributed by atoms with Gasteiger partial charge in [0.25, 0.3) is 10.0 Å². The van der Waals surface area contributed by atoms with Gasteiger partial charge < -0.3 is 14.8 Å². The van der Waals surface area contributed by atoms with Crippen molar-refractivity contribution in [3.05, 3.63) is 78.4 Å². The highest BCUT2D eigenvalue weighted by Crippen LogP contribution is 2.31. The fraction of sp³-hybridized carbons (Fsp3) is 0.240. The summed E-state index contributed by atoms with van der Waals surface area (Å²) in [6, 6.07) is 20.6. The lowest BCUT2D eigenvalue weighted by atomic mass is 10.1. The van der Waals surface area contributed by atoms with E-state index in [9.17, 15) is 13.2 Å². The quantitative estimate of drug-likeness (QED) is 0.474. The number of anilines is 2. The lowest BCUT2D eigenvalue weighted by molar-refractivity contribution is -0.117. The monoisotopic (exact) mass is 483 g/mol. The average Bonchev–Trinajstić information content (AvgIpc) is 2.83. The Hall–Kier alpha value is -3.56. The molecule has 0 spiro atoms. The zero-order valence-corrected chi connectivity index (χ0v) is 20.5. The smallest absolute Gasteiger partial charge is 0.264 e. The van der Waals surface area contributed by atoms with E-state index in [1.54, 1.807) is 50.6 Å². The third-order valence-corrected chi connectivity index (χ3v) is 7.02.